The maximum Gasteiger partial charge on any atom is 0.184 e. The van der Waals surface area contributed by atoms with Crippen LogP contribution >= 0.6 is 11.8 Å². The first-order valence-electron chi connectivity index (χ1n) is 7.99. The zero-order valence-electron chi connectivity index (χ0n) is 14.1. The summed E-state index contributed by atoms with van der Waals surface area (Å²) in [5, 5.41) is 0.560. The third kappa shape index (κ3) is 2.72. The molecule has 0 amide bonds. The van der Waals surface area contributed by atoms with E-state index in [0.717, 1.165) is 22.9 Å². The molecule has 0 N–H and O–H groups in total. The molecule has 0 bridgehead atoms. The van der Waals surface area contributed by atoms with E-state index in [2.05, 4.69) is 31.8 Å². The Kier molecular flexibility index (Phi) is 3.65. The Morgan fingerprint density at radius 2 is 1.88 bits per heavy atom. The fourth-order valence-corrected chi connectivity index (χ4v) is 4.21. The van der Waals surface area contributed by atoms with Gasteiger partial charge in [-0.25, -0.2) is 8.78 Å². The number of aryl methyl sites for hydroxylation is 1. The van der Waals surface area contributed by atoms with Crippen molar-refractivity contribution in [1.82, 2.24) is 4.98 Å². The van der Waals surface area contributed by atoms with Crippen LogP contribution in [0.1, 0.15) is 30.5 Å². The van der Waals surface area contributed by atoms with Crippen LogP contribution in [0.25, 0.3) is 10.9 Å². The van der Waals surface area contributed by atoms with Gasteiger partial charge in [0.05, 0.1) is 5.71 Å². The van der Waals surface area contributed by atoms with Gasteiger partial charge in [-0.15, -0.1) is 0 Å². The van der Waals surface area contributed by atoms with Crippen LogP contribution in [0, 0.1) is 18.6 Å². The number of thioether (sulfide) groups is 1. The lowest BCUT2D eigenvalue weighted by molar-refractivity contribution is 0.515. The second-order valence-corrected chi connectivity index (χ2v) is 8.23. The number of rotatable bonds is 1. The minimum Gasteiger partial charge on any atom is -0.267 e. The highest BCUT2D eigenvalue weighted by atomic mass is 32.2. The predicted octanol–water partition coefficient (Wildman–Crippen LogP) is 5.50. The van der Waals surface area contributed by atoms with Crippen LogP contribution < -0.4 is 0 Å². The minimum absolute atomic E-state index is 0.0401. The molecule has 25 heavy (non-hydrogen) atoms. The summed E-state index contributed by atoms with van der Waals surface area (Å²) in [5.74, 6) is -1.80. The van der Waals surface area contributed by atoms with E-state index in [0.29, 0.717) is 5.39 Å². The molecule has 5 heteroatoms. The van der Waals surface area contributed by atoms with Gasteiger partial charge in [0, 0.05) is 27.6 Å². The van der Waals surface area contributed by atoms with Crippen molar-refractivity contribution >= 4 is 28.4 Å². The Morgan fingerprint density at radius 3 is 2.68 bits per heavy atom. The highest BCUT2D eigenvalue weighted by Crippen LogP contribution is 2.43. The van der Waals surface area contributed by atoms with Crippen molar-refractivity contribution in [2.24, 2.45) is 4.99 Å². The van der Waals surface area contributed by atoms with Gasteiger partial charge in [0.15, 0.2) is 11.6 Å². The number of pyridine rings is 1. The molecule has 4 rings (SSSR count). The molecule has 0 spiro atoms. The van der Waals surface area contributed by atoms with Crippen LogP contribution in [0.5, 0.6) is 0 Å². The normalized spacial score (nSPS) is 15.8. The summed E-state index contributed by atoms with van der Waals surface area (Å²) in [6.07, 6.45) is 1.57. The summed E-state index contributed by atoms with van der Waals surface area (Å²) in [5.41, 5.74) is 3.93. The molecule has 1 aromatic heterocycles. The standard InChI is InChI=1S/C20H16F2N2S/c1-11-5-4-6-14-17(24-20(2,3)25-19(11)14)13-9-12-7-8-15(21)16(22)18(12)23-10-13/h4-10H,1-3H3. The van der Waals surface area contributed by atoms with Gasteiger partial charge in [-0.2, -0.15) is 0 Å². The van der Waals surface area contributed by atoms with Gasteiger partial charge in [0.2, 0.25) is 0 Å². The van der Waals surface area contributed by atoms with Crippen LogP contribution in [-0.2, 0) is 0 Å². The monoisotopic (exact) mass is 354 g/mol. The smallest absolute Gasteiger partial charge is 0.184 e. The van der Waals surface area contributed by atoms with Gasteiger partial charge in [-0.3, -0.25) is 9.98 Å². The Balaban J connectivity index is 1.94. The lowest BCUT2D eigenvalue weighted by atomic mass is 9.99. The number of fused-ring (bicyclic) bond motifs is 2. The third-order valence-electron chi connectivity index (χ3n) is 4.22. The van der Waals surface area contributed by atoms with Gasteiger partial charge < -0.3 is 0 Å². The summed E-state index contributed by atoms with van der Waals surface area (Å²) in [4.78, 5) is 9.93. The van der Waals surface area contributed by atoms with Crippen molar-refractivity contribution in [2.45, 2.75) is 30.5 Å². The van der Waals surface area contributed by atoms with E-state index in [1.165, 1.54) is 10.5 Å². The lowest BCUT2D eigenvalue weighted by Gasteiger charge is -2.29. The van der Waals surface area contributed by atoms with Crippen molar-refractivity contribution in [2.75, 3.05) is 0 Å². The van der Waals surface area contributed by atoms with Gasteiger partial charge in [0.25, 0.3) is 0 Å². The molecule has 0 radical (unpaired) electrons. The second-order valence-electron chi connectivity index (χ2n) is 6.62. The maximum absolute atomic E-state index is 13.9. The molecule has 2 aromatic carbocycles. The van der Waals surface area contributed by atoms with Crippen molar-refractivity contribution in [3.8, 4) is 0 Å². The maximum atomic E-state index is 13.9. The fraction of sp³-hybridized carbons (Fsp3) is 0.200. The average Bonchev–Trinajstić information content (AvgIpc) is 2.58. The van der Waals surface area contributed by atoms with Crippen molar-refractivity contribution < 1.29 is 8.78 Å². The van der Waals surface area contributed by atoms with Gasteiger partial charge in [-0.1, -0.05) is 30.0 Å². The highest BCUT2D eigenvalue weighted by Gasteiger charge is 2.29. The topological polar surface area (TPSA) is 25.2 Å². The molecule has 1 aliphatic rings. The molecule has 1 aliphatic heterocycles. The molecule has 2 nitrogen and oxygen atoms in total. The Labute approximate surface area is 149 Å². The fourth-order valence-electron chi connectivity index (χ4n) is 3.07. The van der Waals surface area contributed by atoms with E-state index in [1.807, 2.05) is 18.2 Å². The molecule has 0 aliphatic carbocycles. The zero-order chi connectivity index (χ0) is 17.8. The summed E-state index contributed by atoms with van der Waals surface area (Å²) in [7, 11) is 0. The van der Waals surface area contributed by atoms with E-state index >= 15 is 0 Å². The number of benzene rings is 2. The molecule has 0 atom stereocenters. The molecule has 0 fully saturated rings. The zero-order valence-corrected chi connectivity index (χ0v) is 14.9. The molecule has 3 aromatic rings. The van der Waals surface area contributed by atoms with Crippen LogP contribution in [0.3, 0.4) is 0 Å². The first-order valence-corrected chi connectivity index (χ1v) is 8.80. The number of halogens is 2. The number of hydrogen-bond acceptors (Lipinski definition) is 3. The first-order chi connectivity index (χ1) is 11.9. The predicted molar refractivity (Wildman–Crippen MR) is 98.4 cm³/mol. The minimum atomic E-state index is -0.915. The summed E-state index contributed by atoms with van der Waals surface area (Å²) < 4.78 is 27.3. The van der Waals surface area contributed by atoms with E-state index in [9.17, 15) is 8.78 Å². The number of nitrogens with zero attached hydrogens (tertiary/aromatic N) is 2. The van der Waals surface area contributed by atoms with Crippen LogP contribution in [0.2, 0.25) is 0 Å². The van der Waals surface area contributed by atoms with Gasteiger partial charge in [0.1, 0.15) is 10.4 Å². The summed E-state index contributed by atoms with van der Waals surface area (Å²) >= 11 is 1.73. The number of aromatic nitrogens is 1. The van der Waals surface area contributed by atoms with E-state index < -0.39 is 11.6 Å². The number of hydrogen-bond donors (Lipinski definition) is 0. The Morgan fingerprint density at radius 1 is 1.08 bits per heavy atom. The van der Waals surface area contributed by atoms with Crippen LogP contribution in [0.15, 0.2) is 52.5 Å². The van der Waals surface area contributed by atoms with Gasteiger partial charge in [-0.05, 0) is 44.5 Å². The largest absolute Gasteiger partial charge is 0.267 e. The molecular weight excluding hydrogens is 338 g/mol. The highest BCUT2D eigenvalue weighted by molar-refractivity contribution is 8.00. The molecule has 126 valence electrons. The Hall–Kier alpha value is -2.27. The SMILES string of the molecule is Cc1cccc2c1SC(C)(C)N=C2c1cnc2c(F)c(F)ccc2c1. The third-order valence-corrected chi connectivity index (χ3v) is 5.55. The first kappa shape index (κ1) is 16.2. The molecule has 0 saturated heterocycles. The second kappa shape index (κ2) is 5.63. The van der Waals surface area contributed by atoms with Crippen LogP contribution in [0.4, 0.5) is 8.78 Å². The number of aliphatic imine (C=N–C) groups is 1. The summed E-state index contributed by atoms with van der Waals surface area (Å²) in [6.45, 7) is 6.22. The molecule has 2 heterocycles. The molecular formula is C20H16F2N2S. The molecule has 0 unspecified atom stereocenters. The summed E-state index contributed by atoms with van der Waals surface area (Å²) in [6, 6.07) is 10.6. The van der Waals surface area contributed by atoms with Crippen molar-refractivity contribution in [3.05, 3.63) is 70.9 Å². The van der Waals surface area contributed by atoms with Crippen molar-refractivity contribution in [3.63, 3.8) is 0 Å². The van der Waals surface area contributed by atoms with Crippen LogP contribution in [-0.4, -0.2) is 15.6 Å². The quantitative estimate of drug-likeness (QED) is 0.576. The average molecular weight is 354 g/mol. The van der Waals surface area contributed by atoms with Crippen molar-refractivity contribution in [1.29, 1.82) is 0 Å². The van der Waals surface area contributed by atoms with E-state index in [4.69, 9.17) is 4.99 Å². The van der Waals surface area contributed by atoms with E-state index in [1.54, 1.807) is 24.0 Å². The Bertz CT molecular complexity index is 1040. The lowest BCUT2D eigenvalue weighted by Crippen LogP contribution is -2.22. The molecule has 0 saturated carbocycles. The van der Waals surface area contributed by atoms with E-state index in [-0.39, 0.29) is 10.4 Å². The van der Waals surface area contributed by atoms with Gasteiger partial charge >= 0.3 is 0 Å².